The molecule has 0 spiro atoms. The molecule has 0 fully saturated rings. The molecule has 2 heterocycles. The smallest absolute Gasteiger partial charge is 0.416 e. The molecule has 0 radical (unpaired) electrons. The second-order valence-electron chi connectivity index (χ2n) is 11.2. The predicted octanol–water partition coefficient (Wildman–Crippen LogP) is 6.82. The van der Waals surface area contributed by atoms with Gasteiger partial charge in [-0.05, 0) is 65.7 Å². The highest BCUT2D eigenvalue weighted by atomic mass is 19.4. The predicted molar refractivity (Wildman–Crippen MR) is 176 cm³/mol. The highest BCUT2D eigenvalue weighted by Gasteiger charge is 2.34. The first-order chi connectivity index (χ1) is 24.0. The molecule has 6 rings (SSSR count). The summed E-state index contributed by atoms with van der Waals surface area (Å²) in [6.07, 6.45) is -3.42. The Bertz CT molecular complexity index is 2180. The van der Waals surface area contributed by atoms with Crippen molar-refractivity contribution in [2.45, 2.75) is 19.1 Å². The first-order valence-corrected chi connectivity index (χ1v) is 15.1. The number of amides is 2. The lowest BCUT2D eigenvalue weighted by Gasteiger charge is -2.21. The maximum absolute atomic E-state index is 13.5. The second-order valence-corrected chi connectivity index (χ2v) is 11.2. The first kappa shape index (κ1) is 33.5. The second kappa shape index (κ2) is 14.0. The van der Waals surface area contributed by atoms with Gasteiger partial charge in [0.05, 0.1) is 19.1 Å². The van der Waals surface area contributed by atoms with E-state index in [1.165, 1.54) is 43.5 Å². The van der Waals surface area contributed by atoms with Gasteiger partial charge in [-0.3, -0.25) is 14.4 Å². The molecule has 0 unspecified atom stereocenters. The average molecular weight is 684 g/mol. The van der Waals surface area contributed by atoms with Crippen LogP contribution >= 0.6 is 0 Å². The fourth-order valence-electron chi connectivity index (χ4n) is 5.42. The normalized spacial score (nSPS) is 11.4. The summed E-state index contributed by atoms with van der Waals surface area (Å²) in [6.45, 7) is -0.609. The van der Waals surface area contributed by atoms with Crippen LogP contribution in [-0.2, 0) is 28.7 Å². The number of hydrogen-bond donors (Lipinski definition) is 3. The van der Waals surface area contributed by atoms with Gasteiger partial charge in [-0.2, -0.15) is 18.2 Å². The number of aromatic nitrogens is 3. The molecule has 3 N–H and O–H groups in total. The minimum Gasteiger partial charge on any atom is -0.497 e. The van der Waals surface area contributed by atoms with Gasteiger partial charge in [0.15, 0.2) is 0 Å². The molecule has 0 saturated carbocycles. The molecule has 0 atom stereocenters. The number of carbonyl (C=O) groups is 3. The van der Waals surface area contributed by atoms with Crippen molar-refractivity contribution in [3.63, 3.8) is 0 Å². The molecule has 11 nitrogen and oxygen atoms in total. The zero-order valence-electron chi connectivity index (χ0n) is 26.3. The maximum Gasteiger partial charge on any atom is 0.416 e. The van der Waals surface area contributed by atoms with Gasteiger partial charge in [0.1, 0.15) is 12.3 Å². The van der Waals surface area contributed by atoms with E-state index in [2.05, 4.69) is 20.4 Å². The Morgan fingerprint density at radius 3 is 2.44 bits per heavy atom. The van der Waals surface area contributed by atoms with Crippen molar-refractivity contribution in [3.05, 3.63) is 119 Å². The Morgan fingerprint density at radius 1 is 0.980 bits per heavy atom. The lowest BCUT2D eigenvalue weighted by molar-refractivity contribution is -0.139. The third kappa shape index (κ3) is 7.49. The number of alkyl halides is 3. The summed E-state index contributed by atoms with van der Waals surface area (Å²) in [4.78, 5) is 46.5. The third-order valence-corrected chi connectivity index (χ3v) is 7.84. The molecule has 4 aromatic carbocycles. The van der Waals surface area contributed by atoms with Crippen LogP contribution in [0.4, 0.5) is 18.9 Å². The van der Waals surface area contributed by atoms with Crippen molar-refractivity contribution in [2.75, 3.05) is 19.0 Å². The van der Waals surface area contributed by atoms with E-state index < -0.39 is 42.5 Å². The molecule has 2 aromatic heterocycles. The van der Waals surface area contributed by atoms with Crippen molar-refractivity contribution in [2.24, 2.45) is 0 Å². The minimum atomic E-state index is -4.69. The number of H-pyrrole nitrogens is 1. The lowest BCUT2D eigenvalue weighted by atomic mass is 10.0. The number of aromatic amines is 1. The van der Waals surface area contributed by atoms with Crippen LogP contribution in [0.1, 0.15) is 27.0 Å². The summed E-state index contributed by atoms with van der Waals surface area (Å²) in [5.41, 5.74) is 2.19. The molecular weight excluding hydrogens is 655 g/mol. The Kier molecular flexibility index (Phi) is 9.34. The number of rotatable bonds is 11. The van der Waals surface area contributed by atoms with Gasteiger partial charge in [0.2, 0.25) is 11.7 Å². The number of halogens is 3. The average Bonchev–Trinajstić information content (AvgIpc) is 3.78. The number of carboxylic acids is 1. The van der Waals surface area contributed by atoms with Crippen LogP contribution in [0, 0.1) is 0 Å². The van der Waals surface area contributed by atoms with Crippen LogP contribution < -0.4 is 10.1 Å². The maximum atomic E-state index is 13.5. The molecule has 254 valence electrons. The summed E-state index contributed by atoms with van der Waals surface area (Å²) in [6, 6.07) is 23.5. The number of nitrogens with zero attached hydrogens (tertiary/aromatic N) is 3. The molecule has 0 aliphatic rings. The van der Waals surface area contributed by atoms with E-state index in [1.807, 2.05) is 30.5 Å². The van der Waals surface area contributed by atoms with Crippen molar-refractivity contribution < 1.29 is 41.9 Å². The number of hydrogen-bond acceptors (Lipinski definition) is 7. The first-order valence-electron chi connectivity index (χ1n) is 15.1. The fourth-order valence-corrected chi connectivity index (χ4v) is 5.42. The molecular formula is C36H28F3N5O6. The van der Waals surface area contributed by atoms with Crippen molar-refractivity contribution in [3.8, 4) is 28.6 Å². The van der Waals surface area contributed by atoms with Crippen LogP contribution in [0.5, 0.6) is 5.75 Å². The molecule has 2 amide bonds. The molecule has 0 aliphatic carbocycles. The van der Waals surface area contributed by atoms with Gasteiger partial charge in [-0.15, -0.1) is 0 Å². The van der Waals surface area contributed by atoms with E-state index in [1.54, 1.807) is 24.3 Å². The molecule has 14 heteroatoms. The van der Waals surface area contributed by atoms with Gasteiger partial charge in [-0.25, -0.2) is 0 Å². The quantitative estimate of drug-likeness (QED) is 0.135. The van der Waals surface area contributed by atoms with Gasteiger partial charge in [0.25, 0.3) is 11.8 Å². The number of carboxylic acid groups (broad SMARTS) is 1. The Balaban J connectivity index is 1.11. The summed E-state index contributed by atoms with van der Waals surface area (Å²) >= 11 is 0. The number of fused-ring (bicyclic) bond motifs is 1. The highest BCUT2D eigenvalue weighted by Crippen LogP contribution is 2.35. The third-order valence-electron chi connectivity index (χ3n) is 7.84. The van der Waals surface area contributed by atoms with Gasteiger partial charge in [-0.1, -0.05) is 41.6 Å². The van der Waals surface area contributed by atoms with Gasteiger partial charge in [0, 0.05) is 46.0 Å². The SMILES string of the molecule is COc1ccc(CC(=O)Nc2ccc(C(=O)N(CC(=O)O)Cc3ccc(-c4noc(-c5cccc6[nH]ccc56)n4)cc3)cc2)c(C(F)(F)F)c1. The number of methoxy groups -OCH3 is 1. The number of aliphatic carboxylic acids is 1. The fraction of sp³-hybridized carbons (Fsp3) is 0.139. The van der Waals surface area contributed by atoms with Crippen LogP contribution in [0.3, 0.4) is 0 Å². The van der Waals surface area contributed by atoms with Gasteiger partial charge >= 0.3 is 12.1 Å². The number of ether oxygens (including phenoxy) is 1. The molecule has 0 saturated heterocycles. The minimum absolute atomic E-state index is 0.0100. The van der Waals surface area contributed by atoms with Crippen molar-refractivity contribution in [1.29, 1.82) is 0 Å². The highest BCUT2D eigenvalue weighted by molar-refractivity contribution is 5.97. The number of anilines is 1. The number of benzene rings is 4. The zero-order valence-corrected chi connectivity index (χ0v) is 26.3. The van der Waals surface area contributed by atoms with Crippen molar-refractivity contribution >= 4 is 34.4 Å². The Hall–Kier alpha value is -6.44. The Morgan fingerprint density at radius 2 is 1.74 bits per heavy atom. The molecule has 6 aromatic rings. The lowest BCUT2D eigenvalue weighted by Crippen LogP contribution is -2.35. The van der Waals surface area contributed by atoms with E-state index in [0.717, 1.165) is 27.4 Å². The molecule has 0 aliphatic heterocycles. The summed E-state index contributed by atoms with van der Waals surface area (Å²) < 4.78 is 51.0. The topological polar surface area (TPSA) is 151 Å². The van der Waals surface area contributed by atoms with Gasteiger partial charge < -0.3 is 29.6 Å². The standard InChI is InChI=1S/C36H28F3N5O6/c1-49-26-14-11-24(29(18-26)36(37,38)39)17-31(45)41-25-12-9-23(10-13-25)35(48)44(20-32(46)47)19-21-5-7-22(8-6-21)33-42-34(50-43-33)28-3-2-4-30-27(28)15-16-40-30/h2-16,18,40H,17,19-20H2,1H3,(H,41,45)(H,46,47). The summed E-state index contributed by atoms with van der Waals surface area (Å²) in [5.74, 6) is -1.78. The summed E-state index contributed by atoms with van der Waals surface area (Å²) in [7, 11) is 1.25. The summed E-state index contributed by atoms with van der Waals surface area (Å²) in [5, 5.41) is 17.1. The van der Waals surface area contributed by atoms with Crippen LogP contribution in [0.2, 0.25) is 0 Å². The van der Waals surface area contributed by atoms with E-state index in [0.29, 0.717) is 22.8 Å². The monoisotopic (exact) mass is 683 g/mol. The van der Waals surface area contributed by atoms with E-state index in [9.17, 15) is 32.7 Å². The van der Waals surface area contributed by atoms with E-state index in [4.69, 9.17) is 9.26 Å². The largest absolute Gasteiger partial charge is 0.497 e. The zero-order chi connectivity index (χ0) is 35.4. The van der Waals surface area contributed by atoms with E-state index >= 15 is 0 Å². The van der Waals surface area contributed by atoms with Crippen LogP contribution in [0.15, 0.2) is 102 Å². The van der Waals surface area contributed by atoms with E-state index in [-0.39, 0.29) is 29.1 Å². The number of nitrogens with one attached hydrogen (secondary N) is 2. The van der Waals surface area contributed by atoms with Crippen molar-refractivity contribution in [1.82, 2.24) is 20.0 Å². The Labute approximate surface area is 282 Å². The molecule has 0 bridgehead atoms. The van der Waals surface area contributed by atoms with Crippen LogP contribution in [0.25, 0.3) is 33.7 Å². The number of carbonyl (C=O) groups excluding carboxylic acids is 2. The van der Waals surface area contributed by atoms with Crippen LogP contribution in [-0.4, -0.2) is 56.6 Å². The molecule has 50 heavy (non-hydrogen) atoms.